The van der Waals surface area contributed by atoms with Crippen LogP contribution in [-0.4, -0.2) is 80.7 Å². The van der Waals surface area contributed by atoms with E-state index in [0.717, 1.165) is 0 Å². The van der Waals surface area contributed by atoms with Crippen LogP contribution in [0.3, 0.4) is 0 Å². The molecule has 0 saturated carbocycles. The average molecular weight is 543 g/mol. The molecule has 1 saturated heterocycles. The molecule has 3 aliphatic rings. The molecular formula is C28H30O11. The van der Waals surface area contributed by atoms with Crippen molar-refractivity contribution in [1.82, 2.24) is 0 Å². The van der Waals surface area contributed by atoms with Crippen molar-refractivity contribution in [2.24, 2.45) is 5.92 Å². The average Bonchev–Trinajstić information content (AvgIpc) is 2.90. The molecule has 0 unspecified atom stereocenters. The lowest BCUT2D eigenvalue weighted by molar-refractivity contribution is -0.255. The molecule has 0 amide bonds. The van der Waals surface area contributed by atoms with Gasteiger partial charge in [-0.1, -0.05) is 19.1 Å². The van der Waals surface area contributed by atoms with Gasteiger partial charge < -0.3 is 39.7 Å². The highest BCUT2D eigenvalue weighted by Crippen LogP contribution is 2.52. The Morgan fingerprint density at radius 2 is 1.79 bits per heavy atom. The molecule has 0 aromatic heterocycles. The van der Waals surface area contributed by atoms with E-state index in [9.17, 15) is 39.9 Å². The van der Waals surface area contributed by atoms with E-state index in [1.807, 2.05) is 0 Å². The minimum atomic E-state index is -2.21. The first-order chi connectivity index (χ1) is 18.4. The Bertz CT molecular complexity index is 1370. The number of rotatable bonds is 5. The van der Waals surface area contributed by atoms with Gasteiger partial charge in [-0.05, 0) is 18.9 Å². The number of aliphatic hydroxyl groups is 3. The number of benzene rings is 2. The number of aromatic hydroxyl groups is 2. The van der Waals surface area contributed by atoms with Gasteiger partial charge in [0.05, 0.1) is 42.1 Å². The Balaban J connectivity index is 1.69. The molecule has 2 aromatic rings. The van der Waals surface area contributed by atoms with Gasteiger partial charge in [0, 0.05) is 36.0 Å². The first-order valence-corrected chi connectivity index (χ1v) is 12.7. The molecule has 5 N–H and O–H groups in total. The van der Waals surface area contributed by atoms with E-state index in [-0.39, 0.29) is 40.3 Å². The molecule has 11 nitrogen and oxygen atoms in total. The Kier molecular flexibility index (Phi) is 6.76. The maximum absolute atomic E-state index is 13.7. The van der Waals surface area contributed by atoms with Crippen molar-refractivity contribution in [2.45, 2.75) is 63.3 Å². The van der Waals surface area contributed by atoms with Crippen LogP contribution in [0.5, 0.6) is 17.2 Å². The van der Waals surface area contributed by atoms with Gasteiger partial charge in [0.1, 0.15) is 29.5 Å². The third-order valence-electron chi connectivity index (χ3n) is 8.05. The molecule has 208 valence electrons. The SMILES string of the molecule is COc1cccc2c1C(=O)c1c(O)c3c(c(O)c1C2=O)C[C@@](O)(C(=O)CO)C[C@@H]3O[C@@H]1C[C@H](C)[C@@H](O)[C@H](C)O1. The standard InChI is InChI=1S/C28H30O11/c1-11-7-18(38-12(2)23(11)31)39-16-9-28(36,17(30)10-29)8-14-20(16)27(35)22-21(25(14)33)24(32)13-5-4-6-15(37-3)19(13)26(22)34/h4-6,11-12,16,18,23,29,31,33,35-36H,7-10H2,1-3H3/t11-,12-,16-,18+,23+,28-/m0/s1. The van der Waals surface area contributed by atoms with Gasteiger partial charge in [-0.15, -0.1) is 0 Å². The van der Waals surface area contributed by atoms with E-state index in [2.05, 4.69) is 0 Å². The molecule has 1 heterocycles. The van der Waals surface area contributed by atoms with Gasteiger partial charge >= 0.3 is 0 Å². The van der Waals surface area contributed by atoms with Crippen LogP contribution in [-0.2, 0) is 20.7 Å². The van der Waals surface area contributed by atoms with Crippen molar-refractivity contribution in [2.75, 3.05) is 13.7 Å². The summed E-state index contributed by atoms with van der Waals surface area (Å²) in [4.78, 5) is 39.8. The van der Waals surface area contributed by atoms with Crippen molar-refractivity contribution in [3.05, 3.63) is 51.6 Å². The topological polar surface area (TPSA) is 180 Å². The second kappa shape index (κ2) is 9.68. The van der Waals surface area contributed by atoms with Crippen LogP contribution in [0, 0.1) is 5.92 Å². The number of methoxy groups -OCH3 is 1. The fourth-order valence-electron chi connectivity index (χ4n) is 5.95. The van der Waals surface area contributed by atoms with Crippen molar-refractivity contribution >= 4 is 17.3 Å². The molecule has 2 aliphatic carbocycles. The fraction of sp³-hybridized carbons (Fsp3) is 0.464. The Morgan fingerprint density at radius 1 is 1.10 bits per heavy atom. The third-order valence-corrected chi connectivity index (χ3v) is 8.05. The number of hydrogen-bond acceptors (Lipinski definition) is 11. The number of hydrogen-bond donors (Lipinski definition) is 5. The number of ether oxygens (including phenoxy) is 3. The molecule has 1 aliphatic heterocycles. The molecule has 11 heteroatoms. The van der Waals surface area contributed by atoms with E-state index in [0.29, 0.717) is 0 Å². The summed E-state index contributed by atoms with van der Waals surface area (Å²) in [6.45, 7) is 2.46. The maximum Gasteiger partial charge on any atom is 0.202 e. The van der Waals surface area contributed by atoms with Gasteiger partial charge in [0.25, 0.3) is 0 Å². The number of Topliss-reactive ketones (excluding diaryl/α,β-unsaturated/α-hetero) is 1. The Morgan fingerprint density at radius 3 is 2.44 bits per heavy atom. The summed E-state index contributed by atoms with van der Waals surface area (Å²) >= 11 is 0. The molecular weight excluding hydrogens is 512 g/mol. The van der Waals surface area contributed by atoms with E-state index in [1.165, 1.54) is 25.3 Å². The van der Waals surface area contributed by atoms with Gasteiger partial charge in [-0.3, -0.25) is 14.4 Å². The van der Waals surface area contributed by atoms with E-state index in [1.54, 1.807) is 13.8 Å². The van der Waals surface area contributed by atoms with Gasteiger partial charge in [0.15, 0.2) is 17.9 Å². The first kappa shape index (κ1) is 27.2. The highest BCUT2D eigenvalue weighted by Gasteiger charge is 2.50. The Labute approximate surface area is 223 Å². The lowest BCUT2D eigenvalue weighted by Crippen LogP contribution is -2.49. The first-order valence-electron chi connectivity index (χ1n) is 12.7. The van der Waals surface area contributed by atoms with Crippen molar-refractivity contribution < 1.29 is 54.1 Å². The third kappa shape index (κ3) is 4.12. The number of carbonyl (C=O) groups excluding carboxylic acids is 3. The Hall–Kier alpha value is -3.35. The summed E-state index contributed by atoms with van der Waals surface area (Å²) in [6.07, 6.45) is -4.31. The van der Waals surface area contributed by atoms with E-state index in [4.69, 9.17) is 14.2 Å². The maximum atomic E-state index is 13.7. The van der Waals surface area contributed by atoms with Crippen molar-refractivity contribution in [3.8, 4) is 17.2 Å². The lowest BCUT2D eigenvalue weighted by Gasteiger charge is -2.42. The summed E-state index contributed by atoms with van der Waals surface area (Å²) in [5.74, 6) is -3.87. The van der Waals surface area contributed by atoms with E-state index < -0.39 is 89.6 Å². The van der Waals surface area contributed by atoms with Gasteiger partial charge in [0.2, 0.25) is 5.78 Å². The summed E-state index contributed by atoms with van der Waals surface area (Å²) < 4.78 is 17.2. The molecule has 1 fully saturated rings. The predicted octanol–water partition coefficient (Wildman–Crippen LogP) is 1.31. The van der Waals surface area contributed by atoms with Crippen LogP contribution in [0.4, 0.5) is 0 Å². The van der Waals surface area contributed by atoms with Gasteiger partial charge in [-0.25, -0.2) is 0 Å². The zero-order valence-electron chi connectivity index (χ0n) is 21.6. The summed E-state index contributed by atoms with van der Waals surface area (Å²) in [6, 6.07) is 4.40. The largest absolute Gasteiger partial charge is 0.507 e. The summed E-state index contributed by atoms with van der Waals surface area (Å²) in [7, 11) is 1.33. The second-order valence-electron chi connectivity index (χ2n) is 10.5. The number of fused-ring (bicyclic) bond motifs is 3. The summed E-state index contributed by atoms with van der Waals surface area (Å²) in [5, 5.41) is 53.9. The van der Waals surface area contributed by atoms with Crippen LogP contribution >= 0.6 is 0 Å². The molecule has 6 atom stereocenters. The number of phenols is 2. The van der Waals surface area contributed by atoms with Crippen molar-refractivity contribution in [1.29, 1.82) is 0 Å². The highest BCUT2D eigenvalue weighted by molar-refractivity contribution is 6.31. The second-order valence-corrected chi connectivity index (χ2v) is 10.5. The smallest absolute Gasteiger partial charge is 0.202 e. The number of carbonyl (C=O) groups is 3. The number of phenolic OH excluding ortho intramolecular Hbond substituents is 2. The molecule has 0 radical (unpaired) electrons. The number of aliphatic hydroxyl groups excluding tert-OH is 2. The fourth-order valence-corrected chi connectivity index (χ4v) is 5.95. The van der Waals surface area contributed by atoms with Crippen LogP contribution in [0.25, 0.3) is 0 Å². The zero-order chi connectivity index (χ0) is 28.4. The monoisotopic (exact) mass is 542 g/mol. The molecule has 5 rings (SSSR count). The molecule has 0 spiro atoms. The van der Waals surface area contributed by atoms with E-state index >= 15 is 0 Å². The van der Waals surface area contributed by atoms with Crippen LogP contribution in [0.2, 0.25) is 0 Å². The van der Waals surface area contributed by atoms with Crippen LogP contribution in [0.15, 0.2) is 18.2 Å². The normalized spacial score (nSPS) is 29.8. The van der Waals surface area contributed by atoms with Crippen LogP contribution in [0.1, 0.15) is 75.8 Å². The van der Waals surface area contributed by atoms with Crippen molar-refractivity contribution in [3.63, 3.8) is 0 Å². The quantitative estimate of drug-likeness (QED) is 0.293. The predicted molar refractivity (Wildman–Crippen MR) is 133 cm³/mol. The lowest BCUT2D eigenvalue weighted by atomic mass is 9.72. The minimum absolute atomic E-state index is 0.0380. The molecule has 39 heavy (non-hydrogen) atoms. The zero-order valence-corrected chi connectivity index (χ0v) is 21.6. The highest BCUT2D eigenvalue weighted by atomic mass is 16.7. The van der Waals surface area contributed by atoms with Gasteiger partial charge in [-0.2, -0.15) is 0 Å². The summed E-state index contributed by atoms with van der Waals surface area (Å²) in [5.41, 5.74) is -3.45. The minimum Gasteiger partial charge on any atom is -0.507 e. The number of ketones is 3. The molecule has 0 bridgehead atoms. The van der Waals surface area contributed by atoms with Crippen LogP contribution < -0.4 is 4.74 Å². The molecule has 2 aromatic carbocycles.